The average Bonchev–Trinajstić information content (AvgIpc) is 3.08. The minimum absolute atomic E-state index is 0.425. The molecule has 2 aromatic rings. The van der Waals surface area contributed by atoms with E-state index in [2.05, 4.69) is 46.0 Å². The van der Waals surface area contributed by atoms with Crippen LogP contribution in [0.3, 0.4) is 0 Å². The van der Waals surface area contributed by atoms with Crippen LogP contribution in [-0.2, 0) is 0 Å². The molecule has 130 valence electrons. The van der Waals surface area contributed by atoms with Crippen LogP contribution in [0, 0.1) is 24.7 Å². The van der Waals surface area contributed by atoms with Crippen LogP contribution in [-0.4, -0.2) is 22.2 Å². The first-order chi connectivity index (χ1) is 12.2. The molecule has 1 atom stereocenters. The van der Waals surface area contributed by atoms with Crippen LogP contribution >= 0.6 is 0 Å². The van der Waals surface area contributed by atoms with Gasteiger partial charge < -0.3 is 9.73 Å². The fourth-order valence-corrected chi connectivity index (χ4v) is 2.40. The second-order valence-electron chi connectivity index (χ2n) is 6.49. The number of nitrogens with one attached hydrogen (secondary N) is 1. The molecule has 2 aromatic heterocycles. The molecule has 1 aliphatic rings. The summed E-state index contributed by atoms with van der Waals surface area (Å²) >= 11 is 0. The zero-order valence-electron chi connectivity index (χ0n) is 15.0. The number of anilines is 1. The van der Waals surface area contributed by atoms with E-state index in [4.69, 9.17) is 4.42 Å². The van der Waals surface area contributed by atoms with Crippen molar-refractivity contribution in [3.05, 3.63) is 35.7 Å². The molecule has 25 heavy (non-hydrogen) atoms. The maximum Gasteiger partial charge on any atom is 0.207 e. The molecule has 0 saturated heterocycles. The molecule has 1 aliphatic carbocycles. The summed E-state index contributed by atoms with van der Waals surface area (Å²) in [5, 5.41) is 3.51. The number of aliphatic imine (C=N–C) groups is 1. The highest BCUT2D eigenvalue weighted by Gasteiger charge is 2.20. The van der Waals surface area contributed by atoms with Gasteiger partial charge in [-0.3, -0.25) is 4.99 Å². The lowest BCUT2D eigenvalue weighted by atomic mass is 9.93. The number of nitrogens with zero attached hydrogens (tertiary/aromatic N) is 3. The van der Waals surface area contributed by atoms with Gasteiger partial charge in [0.2, 0.25) is 5.82 Å². The molecule has 0 amide bonds. The summed E-state index contributed by atoms with van der Waals surface area (Å²) in [6.45, 7) is 6.26. The molecule has 1 fully saturated rings. The van der Waals surface area contributed by atoms with Crippen LogP contribution in [0.2, 0.25) is 0 Å². The van der Waals surface area contributed by atoms with Gasteiger partial charge in [-0.25, -0.2) is 9.97 Å². The van der Waals surface area contributed by atoms with Gasteiger partial charge in [0.1, 0.15) is 5.69 Å². The lowest BCUT2D eigenvalue weighted by Gasteiger charge is -2.27. The van der Waals surface area contributed by atoms with Gasteiger partial charge in [0, 0.05) is 12.3 Å². The summed E-state index contributed by atoms with van der Waals surface area (Å²) in [5.74, 6) is 8.22. The topological polar surface area (TPSA) is 63.3 Å². The molecule has 0 bridgehead atoms. The molecule has 0 radical (unpaired) electrons. The van der Waals surface area contributed by atoms with Gasteiger partial charge >= 0.3 is 0 Å². The van der Waals surface area contributed by atoms with Gasteiger partial charge in [0.05, 0.1) is 12.0 Å². The Hall–Kier alpha value is -2.61. The minimum atomic E-state index is 0.425. The number of furan rings is 1. The SMILES string of the molecule is CCC(C)C=Nc1c(C)nc(C#Cc2ccco2)nc1NC1CCC1. The second kappa shape index (κ2) is 7.98. The van der Waals surface area contributed by atoms with E-state index in [0.29, 0.717) is 23.5 Å². The summed E-state index contributed by atoms with van der Waals surface area (Å²) in [7, 11) is 0. The molecular weight excluding hydrogens is 312 g/mol. The number of aryl methyl sites for hydroxylation is 1. The summed E-state index contributed by atoms with van der Waals surface area (Å²) in [5.41, 5.74) is 1.65. The van der Waals surface area contributed by atoms with Gasteiger partial charge in [-0.2, -0.15) is 0 Å². The van der Waals surface area contributed by atoms with Gasteiger partial charge in [0.15, 0.2) is 11.6 Å². The van der Waals surface area contributed by atoms with E-state index in [1.807, 2.05) is 25.3 Å². The Labute approximate surface area is 149 Å². The summed E-state index contributed by atoms with van der Waals surface area (Å²) in [6.07, 6.45) is 8.24. The Morgan fingerprint density at radius 1 is 1.40 bits per heavy atom. The Kier molecular flexibility index (Phi) is 5.49. The van der Waals surface area contributed by atoms with Gasteiger partial charge in [-0.05, 0) is 62.5 Å². The molecule has 1 N–H and O–H groups in total. The van der Waals surface area contributed by atoms with E-state index in [9.17, 15) is 0 Å². The fraction of sp³-hybridized carbons (Fsp3) is 0.450. The normalized spacial score (nSPS) is 15.5. The first-order valence-electron chi connectivity index (χ1n) is 8.90. The number of hydrogen-bond donors (Lipinski definition) is 1. The van der Waals surface area contributed by atoms with Crippen molar-refractivity contribution in [2.24, 2.45) is 10.9 Å². The van der Waals surface area contributed by atoms with Crippen molar-refractivity contribution in [1.82, 2.24) is 9.97 Å². The van der Waals surface area contributed by atoms with Crippen LogP contribution in [0.25, 0.3) is 0 Å². The Balaban J connectivity index is 1.92. The molecular formula is C20H24N4O. The van der Waals surface area contributed by atoms with Crippen LogP contribution in [0.5, 0.6) is 0 Å². The van der Waals surface area contributed by atoms with Crippen molar-refractivity contribution in [3.8, 4) is 11.8 Å². The monoisotopic (exact) mass is 336 g/mol. The minimum Gasteiger partial charge on any atom is -0.456 e. The Morgan fingerprint density at radius 3 is 2.88 bits per heavy atom. The third-order valence-corrected chi connectivity index (χ3v) is 4.43. The van der Waals surface area contributed by atoms with Crippen LogP contribution in [0.1, 0.15) is 56.8 Å². The lowest BCUT2D eigenvalue weighted by molar-refractivity contribution is 0.444. The average molecular weight is 336 g/mol. The quantitative estimate of drug-likeness (QED) is 0.645. The first kappa shape index (κ1) is 17.2. The van der Waals surface area contributed by atoms with Crippen LogP contribution < -0.4 is 5.32 Å². The standard InChI is InChI=1S/C20H24N4O/c1-4-14(2)13-21-19-15(3)22-18(11-10-17-9-6-12-25-17)24-20(19)23-16-7-5-8-16/h6,9,12-14,16H,4-5,7-8H2,1-3H3,(H,22,23,24). The molecule has 0 spiro atoms. The van der Waals surface area contributed by atoms with Crippen LogP contribution in [0.15, 0.2) is 27.8 Å². The van der Waals surface area contributed by atoms with Crippen LogP contribution in [0.4, 0.5) is 11.5 Å². The maximum atomic E-state index is 5.24. The van der Waals surface area contributed by atoms with Crippen molar-refractivity contribution in [2.75, 3.05) is 5.32 Å². The van der Waals surface area contributed by atoms with Gasteiger partial charge in [-0.1, -0.05) is 13.8 Å². The Bertz CT molecular complexity index is 795. The summed E-state index contributed by atoms with van der Waals surface area (Å²) in [6, 6.07) is 4.10. The van der Waals surface area contributed by atoms with E-state index in [1.165, 1.54) is 19.3 Å². The summed E-state index contributed by atoms with van der Waals surface area (Å²) in [4.78, 5) is 13.8. The van der Waals surface area contributed by atoms with Crippen molar-refractivity contribution in [1.29, 1.82) is 0 Å². The molecule has 2 heterocycles. The summed E-state index contributed by atoms with van der Waals surface area (Å²) < 4.78 is 5.24. The predicted molar refractivity (Wildman–Crippen MR) is 100 cm³/mol. The zero-order chi connectivity index (χ0) is 17.6. The van der Waals surface area contributed by atoms with Crippen molar-refractivity contribution >= 4 is 17.7 Å². The number of rotatable bonds is 5. The van der Waals surface area contributed by atoms with Gasteiger partial charge in [-0.15, -0.1) is 0 Å². The maximum absolute atomic E-state index is 5.24. The highest BCUT2D eigenvalue weighted by molar-refractivity contribution is 5.73. The molecule has 0 aromatic carbocycles. The van der Waals surface area contributed by atoms with E-state index < -0.39 is 0 Å². The highest BCUT2D eigenvalue weighted by atomic mass is 16.3. The fourth-order valence-electron chi connectivity index (χ4n) is 2.40. The predicted octanol–water partition coefficient (Wildman–Crippen LogP) is 4.49. The third-order valence-electron chi connectivity index (χ3n) is 4.43. The van der Waals surface area contributed by atoms with E-state index in [-0.39, 0.29) is 0 Å². The molecule has 5 nitrogen and oxygen atoms in total. The van der Waals surface area contributed by atoms with E-state index >= 15 is 0 Å². The Morgan fingerprint density at radius 2 is 2.24 bits per heavy atom. The first-order valence-corrected chi connectivity index (χ1v) is 8.90. The lowest BCUT2D eigenvalue weighted by Crippen LogP contribution is -2.27. The molecule has 1 unspecified atom stereocenters. The van der Waals surface area contributed by atoms with E-state index in [0.717, 1.165) is 23.6 Å². The number of aromatic nitrogens is 2. The molecule has 1 saturated carbocycles. The van der Waals surface area contributed by atoms with Crippen molar-refractivity contribution in [2.45, 2.75) is 52.5 Å². The molecule has 0 aliphatic heterocycles. The van der Waals surface area contributed by atoms with Crippen molar-refractivity contribution < 1.29 is 4.42 Å². The molecule has 3 rings (SSSR count). The number of hydrogen-bond acceptors (Lipinski definition) is 5. The van der Waals surface area contributed by atoms with E-state index in [1.54, 1.807) is 6.26 Å². The largest absolute Gasteiger partial charge is 0.456 e. The zero-order valence-corrected chi connectivity index (χ0v) is 15.0. The van der Waals surface area contributed by atoms with Crippen molar-refractivity contribution in [3.63, 3.8) is 0 Å². The second-order valence-corrected chi connectivity index (χ2v) is 6.49. The third kappa shape index (κ3) is 4.48. The van der Waals surface area contributed by atoms with Gasteiger partial charge in [0.25, 0.3) is 0 Å². The smallest absolute Gasteiger partial charge is 0.207 e. The molecule has 5 heteroatoms. The highest BCUT2D eigenvalue weighted by Crippen LogP contribution is 2.30.